The van der Waals surface area contributed by atoms with E-state index in [1.807, 2.05) is 68.4 Å². The van der Waals surface area contributed by atoms with Crippen LogP contribution in [0.2, 0.25) is 0 Å². The molecule has 2 heterocycles. The second-order valence-electron chi connectivity index (χ2n) is 11.4. The number of rotatable bonds is 8. The minimum atomic E-state index is -4.46. The molecule has 6 rings (SSSR count). The first-order valence-electron chi connectivity index (χ1n) is 15.1. The van der Waals surface area contributed by atoms with Gasteiger partial charge in [-0.25, -0.2) is 0 Å². The van der Waals surface area contributed by atoms with Crippen LogP contribution < -0.4 is 0 Å². The van der Waals surface area contributed by atoms with E-state index in [4.69, 9.17) is 0 Å². The third-order valence-electron chi connectivity index (χ3n) is 8.41. The Kier molecular flexibility index (Phi) is 8.91. The van der Waals surface area contributed by atoms with Gasteiger partial charge in [0.2, 0.25) is 0 Å². The molecule has 0 N–H and O–H groups in total. The Morgan fingerprint density at radius 1 is 0.778 bits per heavy atom. The molecule has 0 radical (unpaired) electrons. The SMILES string of the molecule is Cc1cccc(C)c1-n1nnnc1[C@H](c1cccc(C(F)(F)F)c1)N1CCN(CC=C(c2ccccc2)c2ccccc2)CC1. The lowest BCUT2D eigenvalue weighted by molar-refractivity contribution is -0.137. The van der Waals surface area contributed by atoms with Crippen molar-refractivity contribution in [1.29, 1.82) is 0 Å². The average molecular weight is 609 g/mol. The summed E-state index contributed by atoms with van der Waals surface area (Å²) in [6, 6.07) is 31.6. The largest absolute Gasteiger partial charge is 0.416 e. The topological polar surface area (TPSA) is 50.1 Å². The molecule has 1 saturated heterocycles. The summed E-state index contributed by atoms with van der Waals surface area (Å²) in [4.78, 5) is 4.57. The Labute approximate surface area is 261 Å². The maximum absolute atomic E-state index is 13.8. The van der Waals surface area contributed by atoms with Gasteiger partial charge in [-0.3, -0.25) is 9.80 Å². The number of nitrogens with zero attached hydrogens (tertiary/aromatic N) is 6. The van der Waals surface area contributed by atoms with E-state index in [-0.39, 0.29) is 0 Å². The van der Waals surface area contributed by atoms with Crippen molar-refractivity contribution in [3.63, 3.8) is 0 Å². The number of aryl methyl sites for hydroxylation is 2. The zero-order valence-electron chi connectivity index (χ0n) is 25.3. The molecular weight excluding hydrogens is 573 g/mol. The fourth-order valence-corrected chi connectivity index (χ4v) is 6.13. The second kappa shape index (κ2) is 13.2. The van der Waals surface area contributed by atoms with Crippen LogP contribution in [0.4, 0.5) is 13.2 Å². The highest BCUT2D eigenvalue weighted by atomic mass is 19.4. The minimum absolute atomic E-state index is 0.496. The smallest absolute Gasteiger partial charge is 0.297 e. The maximum atomic E-state index is 13.8. The van der Waals surface area contributed by atoms with Gasteiger partial charge in [-0.1, -0.05) is 97.1 Å². The molecule has 9 heteroatoms. The van der Waals surface area contributed by atoms with Gasteiger partial charge in [-0.05, 0) is 69.8 Å². The van der Waals surface area contributed by atoms with Crippen LogP contribution in [0, 0.1) is 13.8 Å². The van der Waals surface area contributed by atoms with Crippen LogP contribution in [-0.4, -0.2) is 62.7 Å². The van der Waals surface area contributed by atoms with Gasteiger partial charge in [0.25, 0.3) is 0 Å². The molecule has 45 heavy (non-hydrogen) atoms. The molecule has 4 aromatic carbocycles. The third-order valence-corrected chi connectivity index (χ3v) is 8.41. The van der Waals surface area contributed by atoms with E-state index >= 15 is 0 Å². The van der Waals surface area contributed by atoms with Crippen molar-refractivity contribution in [3.05, 3.63) is 148 Å². The molecule has 0 bridgehead atoms. The van der Waals surface area contributed by atoms with E-state index < -0.39 is 17.8 Å². The van der Waals surface area contributed by atoms with Gasteiger partial charge >= 0.3 is 6.18 Å². The molecule has 0 spiro atoms. The number of alkyl halides is 3. The number of benzene rings is 4. The van der Waals surface area contributed by atoms with Crippen molar-refractivity contribution in [2.45, 2.75) is 26.1 Å². The fourth-order valence-electron chi connectivity index (χ4n) is 6.13. The number of halogens is 3. The average Bonchev–Trinajstić information content (AvgIpc) is 3.51. The summed E-state index contributed by atoms with van der Waals surface area (Å²) in [5.74, 6) is 0.496. The first kappa shape index (κ1) is 30.4. The first-order valence-corrected chi connectivity index (χ1v) is 15.1. The van der Waals surface area contributed by atoms with Gasteiger partial charge < -0.3 is 0 Å². The van der Waals surface area contributed by atoms with Crippen LogP contribution in [0.3, 0.4) is 0 Å². The van der Waals surface area contributed by atoms with E-state index in [2.05, 4.69) is 55.7 Å². The van der Waals surface area contributed by atoms with Gasteiger partial charge in [0, 0.05) is 32.7 Å². The number of hydrogen-bond acceptors (Lipinski definition) is 5. The summed E-state index contributed by atoms with van der Waals surface area (Å²) in [6.07, 6.45) is -2.19. The van der Waals surface area contributed by atoms with Crippen LogP contribution >= 0.6 is 0 Å². The van der Waals surface area contributed by atoms with Crippen molar-refractivity contribution in [3.8, 4) is 5.69 Å². The summed E-state index contributed by atoms with van der Waals surface area (Å²) < 4.78 is 43.2. The van der Waals surface area contributed by atoms with Crippen LogP contribution in [0.15, 0.2) is 109 Å². The molecule has 1 aliphatic rings. The maximum Gasteiger partial charge on any atom is 0.416 e. The molecule has 230 valence electrons. The monoisotopic (exact) mass is 608 g/mol. The molecule has 5 aromatic rings. The molecule has 1 atom stereocenters. The summed E-state index contributed by atoms with van der Waals surface area (Å²) in [5.41, 5.74) is 6.12. The molecule has 0 saturated carbocycles. The van der Waals surface area contributed by atoms with E-state index in [0.717, 1.165) is 53.6 Å². The van der Waals surface area contributed by atoms with E-state index in [0.29, 0.717) is 24.5 Å². The number of aromatic nitrogens is 4. The molecule has 0 amide bonds. The zero-order chi connectivity index (χ0) is 31.4. The number of para-hydroxylation sites is 1. The lowest BCUT2D eigenvalue weighted by Gasteiger charge is -2.39. The summed E-state index contributed by atoms with van der Waals surface area (Å²) in [7, 11) is 0. The van der Waals surface area contributed by atoms with E-state index in [1.54, 1.807) is 10.7 Å². The number of tetrazole rings is 1. The molecular formula is C36H35F3N6. The first-order chi connectivity index (χ1) is 21.8. The van der Waals surface area contributed by atoms with Crippen LogP contribution in [0.1, 0.15) is 45.2 Å². The molecule has 1 aliphatic heterocycles. The second-order valence-corrected chi connectivity index (χ2v) is 11.4. The van der Waals surface area contributed by atoms with Gasteiger partial charge in [0.05, 0.1) is 17.3 Å². The highest BCUT2D eigenvalue weighted by Crippen LogP contribution is 2.35. The fraction of sp³-hybridized carbons (Fsp3) is 0.250. The molecule has 1 aromatic heterocycles. The summed E-state index contributed by atoms with van der Waals surface area (Å²) in [5, 5.41) is 12.8. The molecule has 6 nitrogen and oxygen atoms in total. The van der Waals surface area contributed by atoms with Crippen molar-refractivity contribution in [2.24, 2.45) is 0 Å². The van der Waals surface area contributed by atoms with Crippen LogP contribution in [0.5, 0.6) is 0 Å². The van der Waals surface area contributed by atoms with Crippen molar-refractivity contribution in [1.82, 2.24) is 30.0 Å². The summed E-state index contributed by atoms with van der Waals surface area (Å²) >= 11 is 0. The van der Waals surface area contributed by atoms with Crippen LogP contribution in [0.25, 0.3) is 11.3 Å². The van der Waals surface area contributed by atoms with Gasteiger partial charge in [0.1, 0.15) is 0 Å². The van der Waals surface area contributed by atoms with Crippen molar-refractivity contribution >= 4 is 5.57 Å². The van der Waals surface area contributed by atoms with Crippen molar-refractivity contribution < 1.29 is 13.2 Å². The molecule has 0 aliphatic carbocycles. The Morgan fingerprint density at radius 2 is 1.38 bits per heavy atom. The lowest BCUT2D eigenvalue weighted by atomic mass is 9.97. The Balaban J connectivity index is 1.30. The quantitative estimate of drug-likeness (QED) is 0.188. The number of piperazine rings is 1. The van der Waals surface area contributed by atoms with E-state index in [9.17, 15) is 13.2 Å². The zero-order valence-corrected chi connectivity index (χ0v) is 25.3. The molecule has 0 unspecified atom stereocenters. The normalized spacial score (nSPS) is 15.1. The van der Waals surface area contributed by atoms with Gasteiger partial charge in [-0.2, -0.15) is 17.9 Å². The molecule has 1 fully saturated rings. The Morgan fingerprint density at radius 3 is 1.98 bits per heavy atom. The third kappa shape index (κ3) is 6.74. The lowest BCUT2D eigenvalue weighted by Crippen LogP contribution is -2.48. The van der Waals surface area contributed by atoms with Crippen molar-refractivity contribution in [2.75, 3.05) is 32.7 Å². The standard InChI is InChI=1S/C36H35F3N6/c1-26-11-9-12-27(2)33(26)45-35(40-41-42-45)34(30-17-10-18-31(25-30)36(37,38)39)44-23-21-43(22-24-44)20-19-32(28-13-5-3-6-14-28)29-15-7-4-8-16-29/h3-19,25,34H,20-24H2,1-2H3/t34-/m0/s1. The minimum Gasteiger partial charge on any atom is -0.297 e. The van der Waals surface area contributed by atoms with Gasteiger partial charge in [0.15, 0.2) is 5.82 Å². The highest BCUT2D eigenvalue weighted by Gasteiger charge is 2.35. The van der Waals surface area contributed by atoms with E-state index in [1.165, 1.54) is 17.7 Å². The highest BCUT2D eigenvalue weighted by molar-refractivity contribution is 5.79. The predicted octanol–water partition coefficient (Wildman–Crippen LogP) is 7.14. The van der Waals surface area contributed by atoms with Crippen LogP contribution in [-0.2, 0) is 6.18 Å². The number of hydrogen-bond donors (Lipinski definition) is 0. The summed E-state index contributed by atoms with van der Waals surface area (Å²) in [6.45, 7) is 7.49. The Hall–Kier alpha value is -4.60. The van der Waals surface area contributed by atoms with Gasteiger partial charge in [-0.15, -0.1) is 5.10 Å². The predicted molar refractivity (Wildman–Crippen MR) is 170 cm³/mol. The Bertz CT molecular complexity index is 1700.